The number of anilines is 2. The summed E-state index contributed by atoms with van der Waals surface area (Å²) in [5.41, 5.74) is 1.40. The second-order valence-electron chi connectivity index (χ2n) is 6.30. The minimum absolute atomic E-state index is 0.0692. The first-order valence-electron chi connectivity index (χ1n) is 8.59. The molecule has 0 radical (unpaired) electrons. The Bertz CT molecular complexity index is 931. The van der Waals surface area contributed by atoms with Crippen LogP contribution in [-0.2, 0) is 19.6 Å². The van der Waals surface area contributed by atoms with Crippen LogP contribution in [0.1, 0.15) is 0 Å². The molecule has 4 rings (SSSR count). The number of amides is 1. The Balaban J connectivity index is 1.42. The zero-order chi connectivity index (χ0) is 18.9. The van der Waals surface area contributed by atoms with Crippen molar-refractivity contribution in [2.24, 2.45) is 4.40 Å². The fourth-order valence-electron chi connectivity index (χ4n) is 2.99. The van der Waals surface area contributed by atoms with E-state index in [9.17, 15) is 13.2 Å². The Kier molecular flexibility index (Phi) is 4.66. The van der Waals surface area contributed by atoms with E-state index in [1.165, 1.54) is 6.08 Å². The van der Waals surface area contributed by atoms with Gasteiger partial charge in [0.25, 0.3) is 15.9 Å². The average molecular weight is 389 g/mol. The molecule has 0 aromatic carbocycles. The van der Waals surface area contributed by atoms with Crippen LogP contribution in [0.2, 0.25) is 0 Å². The van der Waals surface area contributed by atoms with E-state index >= 15 is 0 Å². The predicted molar refractivity (Wildman–Crippen MR) is 101 cm³/mol. The maximum atomic E-state index is 12.5. The number of rotatable bonds is 3. The molecule has 3 aliphatic rings. The number of morpholine rings is 1. The van der Waals surface area contributed by atoms with Gasteiger partial charge < -0.3 is 19.9 Å². The van der Waals surface area contributed by atoms with Gasteiger partial charge >= 0.3 is 0 Å². The van der Waals surface area contributed by atoms with Gasteiger partial charge in [-0.05, 0) is 24.3 Å². The van der Waals surface area contributed by atoms with E-state index in [1.807, 2.05) is 6.07 Å². The number of sulfonamides is 1. The van der Waals surface area contributed by atoms with E-state index < -0.39 is 10.0 Å². The Morgan fingerprint density at radius 1 is 1.15 bits per heavy atom. The summed E-state index contributed by atoms with van der Waals surface area (Å²) in [4.78, 5) is 20.6. The normalized spacial score (nSPS) is 21.2. The minimum atomic E-state index is -3.41. The van der Waals surface area contributed by atoms with Gasteiger partial charge in [-0.15, -0.1) is 4.40 Å². The largest absolute Gasteiger partial charge is 0.378 e. The second-order valence-corrected chi connectivity index (χ2v) is 8.06. The van der Waals surface area contributed by atoms with Gasteiger partial charge in [0.2, 0.25) is 0 Å². The lowest BCUT2D eigenvalue weighted by Gasteiger charge is -2.28. The van der Waals surface area contributed by atoms with E-state index in [1.54, 1.807) is 29.4 Å². The van der Waals surface area contributed by atoms with Crippen molar-refractivity contribution >= 4 is 33.3 Å². The number of pyridine rings is 1. The fraction of sp³-hybridized carbons (Fsp3) is 0.353. The molecule has 3 aliphatic heterocycles. The van der Waals surface area contributed by atoms with Gasteiger partial charge in [0.1, 0.15) is 11.7 Å². The summed E-state index contributed by atoms with van der Waals surface area (Å²) in [5.74, 6) is 0.392. The number of aromatic nitrogens is 1. The molecule has 1 aromatic rings. The first-order chi connectivity index (χ1) is 13.0. The molecular formula is C17H19N5O4S. The topological polar surface area (TPSA) is 104 Å². The quantitative estimate of drug-likeness (QED) is 0.796. The van der Waals surface area contributed by atoms with Crippen molar-refractivity contribution in [3.8, 4) is 0 Å². The summed E-state index contributed by atoms with van der Waals surface area (Å²) in [7, 11) is -3.41. The van der Waals surface area contributed by atoms with Crippen LogP contribution < -0.4 is 10.2 Å². The molecule has 1 saturated heterocycles. The van der Waals surface area contributed by atoms with Crippen LogP contribution >= 0.6 is 0 Å². The van der Waals surface area contributed by atoms with Crippen molar-refractivity contribution in [3.63, 3.8) is 0 Å². The number of carbonyl (C=O) groups is 1. The number of carbonyl (C=O) groups excluding carboxylic acids is 1. The molecule has 142 valence electrons. The standard InChI is InChI=1S/C17H19N5O4S/c23-17(13-1-4-16-20-27(24,25)10-7-22(16)12-13)19-15-3-2-14(11-18-15)21-5-8-26-9-6-21/h1-4,11-12H,5-10H2,(H,18,19,23). The molecule has 0 bridgehead atoms. The number of ether oxygens (including phenoxy) is 1. The van der Waals surface area contributed by atoms with Crippen LogP contribution in [0.25, 0.3) is 0 Å². The van der Waals surface area contributed by atoms with Crippen LogP contribution in [0.3, 0.4) is 0 Å². The highest BCUT2D eigenvalue weighted by molar-refractivity contribution is 7.90. The monoisotopic (exact) mass is 389 g/mol. The summed E-state index contributed by atoms with van der Waals surface area (Å²) in [6.45, 7) is 3.31. The van der Waals surface area contributed by atoms with Gasteiger partial charge in [-0.25, -0.2) is 13.4 Å². The molecule has 9 nitrogen and oxygen atoms in total. The number of fused-ring (bicyclic) bond motifs is 1. The van der Waals surface area contributed by atoms with Crippen LogP contribution in [0.4, 0.5) is 11.5 Å². The van der Waals surface area contributed by atoms with Crippen LogP contribution in [0.5, 0.6) is 0 Å². The third-order valence-electron chi connectivity index (χ3n) is 4.45. The Morgan fingerprint density at radius 3 is 2.70 bits per heavy atom. The van der Waals surface area contributed by atoms with E-state index in [0.29, 0.717) is 30.4 Å². The highest BCUT2D eigenvalue weighted by Crippen LogP contribution is 2.19. The van der Waals surface area contributed by atoms with E-state index in [2.05, 4.69) is 19.6 Å². The van der Waals surface area contributed by atoms with Crippen LogP contribution in [0, 0.1) is 0 Å². The summed E-state index contributed by atoms with van der Waals surface area (Å²) < 4.78 is 32.1. The fourth-order valence-corrected chi connectivity index (χ4v) is 3.96. The SMILES string of the molecule is O=C(Nc1ccc(N2CCOCC2)cn1)C1=CN2CCS(=O)(=O)N=C2C=C1. The first kappa shape index (κ1) is 17.7. The van der Waals surface area contributed by atoms with Crippen molar-refractivity contribution in [2.45, 2.75) is 0 Å². The molecule has 10 heteroatoms. The molecule has 4 heterocycles. The maximum Gasteiger partial charge on any atom is 0.258 e. The van der Waals surface area contributed by atoms with Crippen LogP contribution in [0.15, 0.2) is 46.7 Å². The molecule has 1 N–H and O–H groups in total. The maximum absolute atomic E-state index is 12.5. The van der Waals surface area contributed by atoms with Crippen molar-refractivity contribution in [1.29, 1.82) is 0 Å². The second kappa shape index (κ2) is 7.12. The molecule has 0 spiro atoms. The molecular weight excluding hydrogens is 370 g/mol. The van der Waals surface area contributed by atoms with Gasteiger partial charge in [0.15, 0.2) is 0 Å². The van der Waals surface area contributed by atoms with Gasteiger partial charge in [-0.2, -0.15) is 0 Å². The number of amidine groups is 1. The van der Waals surface area contributed by atoms with E-state index in [0.717, 1.165) is 18.8 Å². The van der Waals surface area contributed by atoms with Gasteiger partial charge in [0.05, 0.1) is 36.4 Å². The van der Waals surface area contributed by atoms with Crippen molar-refractivity contribution in [2.75, 3.05) is 48.8 Å². The molecule has 1 amide bonds. The molecule has 1 fully saturated rings. The number of nitrogens with zero attached hydrogens (tertiary/aromatic N) is 4. The molecule has 0 saturated carbocycles. The number of nitrogens with one attached hydrogen (secondary N) is 1. The van der Waals surface area contributed by atoms with Crippen molar-refractivity contribution in [3.05, 3.63) is 42.3 Å². The summed E-state index contributed by atoms with van der Waals surface area (Å²) in [5, 5.41) is 2.76. The Morgan fingerprint density at radius 2 is 1.96 bits per heavy atom. The van der Waals surface area contributed by atoms with Gasteiger partial charge in [0, 0.05) is 25.8 Å². The smallest absolute Gasteiger partial charge is 0.258 e. The lowest BCUT2D eigenvalue weighted by atomic mass is 10.2. The minimum Gasteiger partial charge on any atom is -0.378 e. The lowest BCUT2D eigenvalue weighted by Crippen LogP contribution is -2.37. The van der Waals surface area contributed by atoms with E-state index in [-0.39, 0.29) is 18.2 Å². The highest BCUT2D eigenvalue weighted by Gasteiger charge is 2.25. The third-order valence-corrected chi connectivity index (χ3v) is 5.62. The first-order valence-corrected chi connectivity index (χ1v) is 10.2. The highest BCUT2D eigenvalue weighted by atomic mass is 32.2. The molecule has 0 unspecified atom stereocenters. The van der Waals surface area contributed by atoms with E-state index in [4.69, 9.17) is 4.74 Å². The van der Waals surface area contributed by atoms with Crippen molar-refractivity contribution < 1.29 is 17.9 Å². The Labute approximate surface area is 157 Å². The summed E-state index contributed by atoms with van der Waals surface area (Å²) in [6, 6.07) is 3.68. The lowest BCUT2D eigenvalue weighted by molar-refractivity contribution is -0.112. The molecule has 27 heavy (non-hydrogen) atoms. The summed E-state index contributed by atoms with van der Waals surface area (Å²) in [6.07, 6.45) is 6.41. The van der Waals surface area contributed by atoms with Crippen LogP contribution in [-0.4, -0.2) is 68.6 Å². The zero-order valence-corrected chi connectivity index (χ0v) is 15.4. The molecule has 1 aromatic heterocycles. The number of hydrogen-bond donors (Lipinski definition) is 1. The molecule has 0 aliphatic carbocycles. The van der Waals surface area contributed by atoms with Gasteiger partial charge in [-0.1, -0.05) is 0 Å². The van der Waals surface area contributed by atoms with Crippen molar-refractivity contribution in [1.82, 2.24) is 9.88 Å². The predicted octanol–water partition coefficient (Wildman–Crippen LogP) is 0.354. The Hall–Kier alpha value is -2.72. The zero-order valence-electron chi connectivity index (χ0n) is 14.5. The van der Waals surface area contributed by atoms with Gasteiger partial charge in [-0.3, -0.25) is 4.79 Å². The average Bonchev–Trinajstić information content (AvgIpc) is 2.68. The number of hydrogen-bond acceptors (Lipinski definition) is 7. The summed E-state index contributed by atoms with van der Waals surface area (Å²) >= 11 is 0. The molecule has 0 atom stereocenters. The third kappa shape index (κ3) is 4.01.